The molecule has 100 valence electrons. The first-order valence-electron chi connectivity index (χ1n) is 6.44. The molecule has 0 amide bonds. The number of rotatable bonds is 5. The first-order chi connectivity index (χ1) is 8.65. The summed E-state index contributed by atoms with van der Waals surface area (Å²) in [5.41, 5.74) is 0. The zero-order chi connectivity index (χ0) is 13.0. The highest BCUT2D eigenvalue weighted by atomic mass is 35.5. The number of aliphatic hydroxyl groups excluding tert-OH is 1. The maximum atomic E-state index is 9.53. The number of aliphatic hydroxyl groups is 1. The predicted molar refractivity (Wildman–Crippen MR) is 73.2 cm³/mol. The molecule has 1 aromatic rings. The third-order valence-electron chi connectivity index (χ3n) is 3.46. The molecule has 18 heavy (non-hydrogen) atoms. The lowest BCUT2D eigenvalue weighted by Crippen LogP contribution is -2.28. The van der Waals surface area contributed by atoms with E-state index in [4.69, 9.17) is 16.3 Å². The Morgan fingerprint density at radius 1 is 1.56 bits per heavy atom. The summed E-state index contributed by atoms with van der Waals surface area (Å²) in [4.78, 5) is 2.34. The maximum Gasteiger partial charge on any atom is 0.120 e. The highest BCUT2D eigenvalue weighted by molar-refractivity contribution is 6.30. The second-order valence-corrected chi connectivity index (χ2v) is 5.33. The molecule has 0 aliphatic carbocycles. The Bertz CT molecular complexity index is 384. The molecule has 1 aromatic carbocycles. The summed E-state index contributed by atoms with van der Waals surface area (Å²) in [5, 5.41) is 10.2. The fourth-order valence-corrected chi connectivity index (χ4v) is 2.49. The van der Waals surface area contributed by atoms with Crippen molar-refractivity contribution in [2.24, 2.45) is 5.92 Å². The van der Waals surface area contributed by atoms with Crippen LogP contribution in [0.1, 0.15) is 13.3 Å². The van der Waals surface area contributed by atoms with Gasteiger partial charge < -0.3 is 9.84 Å². The van der Waals surface area contributed by atoms with Gasteiger partial charge >= 0.3 is 0 Å². The van der Waals surface area contributed by atoms with Crippen LogP contribution in [0.25, 0.3) is 0 Å². The van der Waals surface area contributed by atoms with Gasteiger partial charge in [0, 0.05) is 18.1 Å². The summed E-state index contributed by atoms with van der Waals surface area (Å²) in [7, 11) is 0. The van der Waals surface area contributed by atoms with Gasteiger partial charge in [0.25, 0.3) is 0 Å². The van der Waals surface area contributed by atoms with E-state index in [9.17, 15) is 5.11 Å². The summed E-state index contributed by atoms with van der Waals surface area (Å²) < 4.78 is 5.66. The Kier molecular flexibility index (Phi) is 4.87. The van der Waals surface area contributed by atoms with Crippen LogP contribution in [-0.4, -0.2) is 42.4 Å². The highest BCUT2D eigenvalue weighted by Gasteiger charge is 2.25. The van der Waals surface area contributed by atoms with Crippen LogP contribution in [0, 0.1) is 5.92 Å². The molecular formula is C14H20ClNO2. The molecule has 2 atom stereocenters. The van der Waals surface area contributed by atoms with Crippen LogP contribution in [0.3, 0.4) is 0 Å². The zero-order valence-corrected chi connectivity index (χ0v) is 11.4. The molecule has 1 fully saturated rings. The van der Waals surface area contributed by atoms with Crippen molar-refractivity contribution >= 4 is 11.6 Å². The Morgan fingerprint density at radius 2 is 2.39 bits per heavy atom. The monoisotopic (exact) mass is 269 g/mol. The number of hydrogen-bond acceptors (Lipinski definition) is 3. The highest BCUT2D eigenvalue weighted by Crippen LogP contribution is 2.20. The molecule has 0 radical (unpaired) electrons. The van der Waals surface area contributed by atoms with Crippen LogP contribution in [0.5, 0.6) is 5.75 Å². The van der Waals surface area contributed by atoms with Crippen LogP contribution in [0.4, 0.5) is 0 Å². The lowest BCUT2D eigenvalue weighted by atomic mass is 10.0. The summed E-state index contributed by atoms with van der Waals surface area (Å²) in [6.45, 7) is 5.45. The number of likely N-dealkylation sites (tertiary alicyclic amines) is 1. The lowest BCUT2D eigenvalue weighted by Gasteiger charge is -2.17. The fourth-order valence-electron chi connectivity index (χ4n) is 2.31. The van der Waals surface area contributed by atoms with Crippen LogP contribution in [-0.2, 0) is 0 Å². The van der Waals surface area contributed by atoms with E-state index in [1.807, 2.05) is 31.2 Å². The smallest absolute Gasteiger partial charge is 0.120 e. The van der Waals surface area contributed by atoms with Gasteiger partial charge in [-0.3, -0.25) is 4.90 Å². The second-order valence-electron chi connectivity index (χ2n) is 4.90. The van der Waals surface area contributed by atoms with Crippen molar-refractivity contribution < 1.29 is 9.84 Å². The van der Waals surface area contributed by atoms with E-state index in [0.29, 0.717) is 17.5 Å². The molecule has 1 heterocycles. The Balaban J connectivity index is 1.70. The molecule has 1 aliphatic heterocycles. The van der Waals surface area contributed by atoms with Crippen molar-refractivity contribution in [2.45, 2.75) is 19.4 Å². The molecule has 2 rings (SSSR count). The molecule has 2 unspecified atom stereocenters. The summed E-state index contributed by atoms with van der Waals surface area (Å²) in [6, 6.07) is 7.46. The minimum atomic E-state index is -0.205. The van der Waals surface area contributed by atoms with Gasteiger partial charge in [-0.2, -0.15) is 0 Å². The second kappa shape index (κ2) is 6.41. The molecule has 0 bridgehead atoms. The molecule has 3 nitrogen and oxygen atoms in total. The van der Waals surface area contributed by atoms with Gasteiger partial charge in [0.2, 0.25) is 0 Å². The van der Waals surface area contributed by atoms with Gasteiger partial charge in [-0.1, -0.05) is 17.7 Å². The van der Waals surface area contributed by atoms with Crippen molar-refractivity contribution in [3.8, 4) is 5.75 Å². The van der Waals surface area contributed by atoms with Crippen molar-refractivity contribution in [3.63, 3.8) is 0 Å². The quantitative estimate of drug-likeness (QED) is 0.891. The molecule has 1 aliphatic rings. The summed E-state index contributed by atoms with van der Waals surface area (Å²) in [5.74, 6) is 1.23. The van der Waals surface area contributed by atoms with E-state index in [0.717, 1.165) is 31.8 Å². The van der Waals surface area contributed by atoms with Crippen molar-refractivity contribution in [1.29, 1.82) is 0 Å². The van der Waals surface area contributed by atoms with E-state index in [2.05, 4.69) is 4.90 Å². The van der Waals surface area contributed by atoms with E-state index in [1.54, 1.807) is 0 Å². The molecule has 0 saturated carbocycles. The minimum Gasteiger partial charge on any atom is -0.492 e. The van der Waals surface area contributed by atoms with Crippen LogP contribution in [0.15, 0.2) is 24.3 Å². The van der Waals surface area contributed by atoms with Crippen LogP contribution < -0.4 is 4.74 Å². The van der Waals surface area contributed by atoms with Gasteiger partial charge in [-0.25, -0.2) is 0 Å². The molecule has 4 heteroatoms. The average molecular weight is 270 g/mol. The lowest BCUT2D eigenvalue weighted by molar-refractivity contribution is 0.125. The predicted octanol–water partition coefficient (Wildman–Crippen LogP) is 2.42. The SMILES string of the molecule is CC(O)C1CCN(CCOc2cccc(Cl)c2)C1. The maximum absolute atomic E-state index is 9.53. The summed E-state index contributed by atoms with van der Waals surface area (Å²) >= 11 is 5.89. The van der Waals surface area contributed by atoms with E-state index in [-0.39, 0.29) is 6.10 Å². The molecule has 1 N–H and O–H groups in total. The normalized spacial score (nSPS) is 22.1. The minimum absolute atomic E-state index is 0.205. The van der Waals surface area contributed by atoms with Gasteiger partial charge in [0.1, 0.15) is 12.4 Å². The largest absolute Gasteiger partial charge is 0.492 e. The van der Waals surface area contributed by atoms with E-state index < -0.39 is 0 Å². The summed E-state index contributed by atoms with van der Waals surface area (Å²) in [6.07, 6.45) is 0.873. The van der Waals surface area contributed by atoms with Gasteiger partial charge in [0.05, 0.1) is 6.10 Å². The Labute approximate surface area is 113 Å². The zero-order valence-electron chi connectivity index (χ0n) is 10.7. The van der Waals surface area contributed by atoms with Gasteiger partial charge in [-0.15, -0.1) is 0 Å². The third-order valence-corrected chi connectivity index (χ3v) is 3.70. The number of halogens is 1. The average Bonchev–Trinajstić information content (AvgIpc) is 2.78. The number of benzene rings is 1. The van der Waals surface area contributed by atoms with Gasteiger partial charge in [0.15, 0.2) is 0 Å². The Morgan fingerprint density at radius 3 is 3.06 bits per heavy atom. The van der Waals surface area contributed by atoms with Gasteiger partial charge in [-0.05, 0) is 44.0 Å². The molecule has 0 aromatic heterocycles. The topological polar surface area (TPSA) is 32.7 Å². The van der Waals surface area contributed by atoms with E-state index >= 15 is 0 Å². The number of ether oxygens (including phenoxy) is 1. The molecular weight excluding hydrogens is 250 g/mol. The van der Waals surface area contributed by atoms with Crippen molar-refractivity contribution in [2.75, 3.05) is 26.2 Å². The molecule has 0 spiro atoms. The first-order valence-corrected chi connectivity index (χ1v) is 6.82. The van der Waals surface area contributed by atoms with Crippen molar-refractivity contribution in [3.05, 3.63) is 29.3 Å². The first kappa shape index (κ1) is 13.7. The third kappa shape index (κ3) is 3.87. The Hall–Kier alpha value is -0.770. The standard InChI is InChI=1S/C14H20ClNO2/c1-11(17)12-5-6-16(10-12)7-8-18-14-4-2-3-13(15)9-14/h2-4,9,11-12,17H,5-8,10H2,1H3. The fraction of sp³-hybridized carbons (Fsp3) is 0.571. The van der Waals surface area contributed by atoms with Crippen LogP contribution in [0.2, 0.25) is 5.02 Å². The van der Waals surface area contributed by atoms with E-state index in [1.165, 1.54) is 0 Å². The number of hydrogen-bond donors (Lipinski definition) is 1. The molecule has 1 saturated heterocycles. The number of nitrogens with zero attached hydrogens (tertiary/aromatic N) is 1. The van der Waals surface area contributed by atoms with Crippen molar-refractivity contribution in [1.82, 2.24) is 4.90 Å². The van der Waals surface area contributed by atoms with Crippen LogP contribution >= 0.6 is 11.6 Å².